The minimum Gasteiger partial charge on any atom is -0.408 e. The fourth-order valence-corrected chi connectivity index (χ4v) is 3.27. The summed E-state index contributed by atoms with van der Waals surface area (Å²) in [5.74, 6) is -0.609. The summed E-state index contributed by atoms with van der Waals surface area (Å²) in [5, 5.41) is 0. The van der Waals surface area contributed by atoms with Gasteiger partial charge in [-0.3, -0.25) is 4.57 Å². The molecule has 0 aliphatic rings. The van der Waals surface area contributed by atoms with E-state index in [0.717, 1.165) is 3.57 Å². The number of hydrogen-bond acceptors (Lipinski definition) is 4. The molecule has 2 rings (SSSR count). The van der Waals surface area contributed by atoms with Gasteiger partial charge in [0, 0.05) is 10.1 Å². The second kappa shape index (κ2) is 5.18. The molecule has 7 heteroatoms. The van der Waals surface area contributed by atoms with Gasteiger partial charge in [-0.25, -0.2) is 13.2 Å². The maximum absolute atomic E-state index is 12.1. The third kappa shape index (κ3) is 2.93. The summed E-state index contributed by atoms with van der Waals surface area (Å²) in [5.41, 5.74) is 1.11. The summed E-state index contributed by atoms with van der Waals surface area (Å²) in [6, 6.07) is 5.36. The molecule has 0 aliphatic carbocycles. The average molecular weight is 409 g/mol. The second-order valence-electron chi connectivity index (χ2n) is 5.56. The van der Waals surface area contributed by atoms with E-state index in [0.29, 0.717) is 11.1 Å². The lowest BCUT2D eigenvalue weighted by molar-refractivity contribution is 0.508. The van der Waals surface area contributed by atoms with E-state index in [1.54, 1.807) is 26.8 Å². The summed E-state index contributed by atoms with van der Waals surface area (Å²) in [7, 11) is -3.27. The van der Waals surface area contributed by atoms with Crippen LogP contribution in [-0.4, -0.2) is 23.5 Å². The molecule has 0 saturated carbocycles. The molecule has 0 spiro atoms. The number of hydrogen-bond donors (Lipinski definition) is 0. The number of aromatic nitrogens is 1. The minimum atomic E-state index is -3.27. The van der Waals surface area contributed by atoms with Gasteiger partial charge in [-0.1, -0.05) is 0 Å². The first-order valence-corrected chi connectivity index (χ1v) is 8.86. The van der Waals surface area contributed by atoms with Crippen LogP contribution in [0, 0.1) is 3.57 Å². The molecule has 2 aromatic rings. The minimum absolute atomic E-state index is 0.0868. The van der Waals surface area contributed by atoms with Crippen LogP contribution in [0.2, 0.25) is 0 Å². The standard InChI is InChI=1S/C13H16INO4S/c1-13(2,3)20(17,18)7-6-15-10-8-9(14)4-5-11(10)19-12(15)16/h4-5,8H,6-7H2,1-3H3. The topological polar surface area (TPSA) is 69.3 Å². The van der Waals surface area contributed by atoms with Crippen molar-refractivity contribution in [3.63, 3.8) is 0 Å². The summed E-state index contributed by atoms with van der Waals surface area (Å²) in [6.07, 6.45) is 0. The number of benzene rings is 1. The van der Waals surface area contributed by atoms with Crippen molar-refractivity contribution < 1.29 is 12.8 Å². The zero-order valence-corrected chi connectivity index (χ0v) is 14.5. The van der Waals surface area contributed by atoms with E-state index in [2.05, 4.69) is 22.6 Å². The molecule has 0 fully saturated rings. The van der Waals surface area contributed by atoms with Crippen molar-refractivity contribution in [1.29, 1.82) is 0 Å². The number of fused-ring (bicyclic) bond motifs is 1. The Bertz CT molecular complexity index is 796. The SMILES string of the molecule is CC(C)(C)S(=O)(=O)CCn1c(=O)oc2ccc(I)cc21. The van der Waals surface area contributed by atoms with Gasteiger partial charge in [0.05, 0.1) is 16.0 Å². The lowest BCUT2D eigenvalue weighted by atomic mass is 10.3. The highest BCUT2D eigenvalue weighted by Gasteiger charge is 2.29. The van der Waals surface area contributed by atoms with Crippen LogP contribution < -0.4 is 5.76 Å². The summed E-state index contributed by atoms with van der Waals surface area (Å²) < 4.78 is 30.9. The lowest BCUT2D eigenvalue weighted by Crippen LogP contribution is -2.33. The van der Waals surface area contributed by atoms with E-state index in [4.69, 9.17) is 4.42 Å². The molecule has 20 heavy (non-hydrogen) atoms. The molecule has 1 aromatic carbocycles. The number of sulfone groups is 1. The Morgan fingerprint density at radius 1 is 1.30 bits per heavy atom. The van der Waals surface area contributed by atoms with E-state index in [9.17, 15) is 13.2 Å². The van der Waals surface area contributed by atoms with Gasteiger partial charge in [-0.2, -0.15) is 0 Å². The monoisotopic (exact) mass is 409 g/mol. The van der Waals surface area contributed by atoms with Gasteiger partial charge in [0.2, 0.25) is 0 Å². The first-order valence-electron chi connectivity index (χ1n) is 6.13. The number of aryl methyl sites for hydroxylation is 1. The van der Waals surface area contributed by atoms with E-state index in [1.165, 1.54) is 4.57 Å². The Hall–Kier alpha value is -0.830. The van der Waals surface area contributed by atoms with Gasteiger partial charge >= 0.3 is 5.76 Å². The molecule has 0 radical (unpaired) electrons. The Balaban J connectivity index is 2.38. The smallest absolute Gasteiger partial charge is 0.408 e. The molecule has 0 atom stereocenters. The summed E-state index contributed by atoms with van der Waals surface area (Å²) >= 11 is 2.14. The summed E-state index contributed by atoms with van der Waals surface area (Å²) in [4.78, 5) is 11.8. The molecular weight excluding hydrogens is 393 g/mol. The van der Waals surface area contributed by atoms with Crippen LogP contribution in [0.3, 0.4) is 0 Å². The van der Waals surface area contributed by atoms with E-state index in [-0.39, 0.29) is 12.3 Å². The van der Waals surface area contributed by atoms with Crippen molar-refractivity contribution in [3.8, 4) is 0 Å². The molecule has 0 bridgehead atoms. The van der Waals surface area contributed by atoms with Crippen molar-refractivity contribution in [2.24, 2.45) is 0 Å². The molecule has 1 heterocycles. The Labute approximate surface area is 131 Å². The fourth-order valence-electron chi connectivity index (χ4n) is 1.76. The molecule has 0 N–H and O–H groups in total. The molecule has 0 aliphatic heterocycles. The van der Waals surface area contributed by atoms with Crippen molar-refractivity contribution >= 4 is 43.5 Å². The third-order valence-corrected chi connectivity index (χ3v) is 6.40. The molecule has 0 unspecified atom stereocenters. The number of nitrogens with zero attached hydrogens (tertiary/aromatic N) is 1. The fraction of sp³-hybridized carbons (Fsp3) is 0.462. The predicted octanol–water partition coefficient (Wildman–Crippen LogP) is 2.41. The van der Waals surface area contributed by atoms with Crippen LogP contribution in [0.1, 0.15) is 20.8 Å². The van der Waals surface area contributed by atoms with Crippen molar-refractivity contribution in [2.75, 3.05) is 5.75 Å². The summed E-state index contributed by atoms with van der Waals surface area (Å²) in [6.45, 7) is 5.07. The molecule has 0 amide bonds. The van der Waals surface area contributed by atoms with Crippen molar-refractivity contribution in [3.05, 3.63) is 32.3 Å². The Morgan fingerprint density at radius 2 is 1.95 bits per heavy atom. The van der Waals surface area contributed by atoms with E-state index >= 15 is 0 Å². The number of halogens is 1. The van der Waals surface area contributed by atoms with Gasteiger partial charge in [0.15, 0.2) is 15.4 Å². The van der Waals surface area contributed by atoms with Crippen LogP contribution in [-0.2, 0) is 16.4 Å². The van der Waals surface area contributed by atoms with Gasteiger partial charge in [-0.15, -0.1) is 0 Å². The third-order valence-electron chi connectivity index (χ3n) is 3.15. The highest BCUT2D eigenvalue weighted by molar-refractivity contribution is 14.1. The predicted molar refractivity (Wildman–Crippen MR) is 86.7 cm³/mol. The molecule has 110 valence electrons. The van der Waals surface area contributed by atoms with Gasteiger partial charge in [0.1, 0.15) is 0 Å². The zero-order valence-electron chi connectivity index (χ0n) is 11.5. The number of oxazole rings is 1. The number of rotatable bonds is 3. The molecule has 1 aromatic heterocycles. The maximum atomic E-state index is 12.1. The largest absolute Gasteiger partial charge is 0.419 e. The first-order chi connectivity index (χ1) is 9.12. The van der Waals surface area contributed by atoms with Crippen LogP contribution in [0.4, 0.5) is 0 Å². The van der Waals surface area contributed by atoms with Gasteiger partial charge in [0.25, 0.3) is 0 Å². The molecule has 0 saturated heterocycles. The van der Waals surface area contributed by atoms with Gasteiger partial charge < -0.3 is 4.42 Å². The van der Waals surface area contributed by atoms with Crippen LogP contribution in [0.25, 0.3) is 11.1 Å². The van der Waals surface area contributed by atoms with E-state index in [1.807, 2.05) is 12.1 Å². The quantitative estimate of drug-likeness (QED) is 0.731. The first kappa shape index (κ1) is 15.6. The van der Waals surface area contributed by atoms with Crippen LogP contribution in [0.15, 0.2) is 27.4 Å². The van der Waals surface area contributed by atoms with Crippen molar-refractivity contribution in [2.45, 2.75) is 32.1 Å². The Morgan fingerprint density at radius 3 is 2.55 bits per heavy atom. The molecular formula is C13H16INO4S. The second-order valence-corrected chi connectivity index (χ2v) is 9.67. The average Bonchev–Trinajstić information content (AvgIpc) is 2.60. The highest BCUT2D eigenvalue weighted by Crippen LogP contribution is 2.19. The molecule has 5 nitrogen and oxygen atoms in total. The highest BCUT2D eigenvalue weighted by atomic mass is 127. The van der Waals surface area contributed by atoms with Crippen LogP contribution in [0.5, 0.6) is 0 Å². The normalized spacial score (nSPS) is 13.0. The van der Waals surface area contributed by atoms with Crippen molar-refractivity contribution in [1.82, 2.24) is 4.57 Å². The van der Waals surface area contributed by atoms with Gasteiger partial charge in [-0.05, 0) is 61.6 Å². The lowest BCUT2D eigenvalue weighted by Gasteiger charge is -2.18. The van der Waals surface area contributed by atoms with E-state index < -0.39 is 20.3 Å². The van der Waals surface area contributed by atoms with Crippen LogP contribution >= 0.6 is 22.6 Å². The maximum Gasteiger partial charge on any atom is 0.419 e. The Kier molecular flexibility index (Phi) is 4.03. The zero-order chi connectivity index (χ0) is 15.1.